The molecule has 2 heteroatoms. The molecular formula is C14H22O2. The summed E-state index contributed by atoms with van der Waals surface area (Å²) in [6, 6.07) is 0. The Morgan fingerprint density at radius 1 is 0.625 bits per heavy atom. The van der Waals surface area contributed by atoms with Gasteiger partial charge in [0.05, 0.1) is 12.2 Å². The van der Waals surface area contributed by atoms with Crippen molar-refractivity contribution in [3.8, 4) is 0 Å². The van der Waals surface area contributed by atoms with Gasteiger partial charge in [0.2, 0.25) is 0 Å². The molecule has 0 radical (unpaired) electrons. The van der Waals surface area contributed by atoms with Crippen molar-refractivity contribution in [3.05, 3.63) is 33.4 Å². The molecule has 2 nitrogen and oxygen atoms in total. The van der Waals surface area contributed by atoms with Gasteiger partial charge in [0, 0.05) is 0 Å². The largest absolute Gasteiger partial charge is 0.389 e. The van der Waals surface area contributed by atoms with Crippen LogP contribution in [0.3, 0.4) is 0 Å². The quantitative estimate of drug-likeness (QED) is 0.807. The summed E-state index contributed by atoms with van der Waals surface area (Å²) in [6.07, 6.45) is -0.916. The van der Waals surface area contributed by atoms with Crippen LogP contribution in [0.15, 0.2) is 0 Å². The van der Waals surface area contributed by atoms with Crippen LogP contribution in [0.2, 0.25) is 0 Å². The topological polar surface area (TPSA) is 40.5 Å². The van der Waals surface area contributed by atoms with Gasteiger partial charge in [0.25, 0.3) is 0 Å². The minimum atomic E-state index is -0.458. The molecule has 0 unspecified atom stereocenters. The zero-order chi connectivity index (χ0) is 12.6. The SMILES string of the molecule is Cc1c(C)c([C@@H](C)O)c(C)c(C)c1[C@H](C)O. The lowest BCUT2D eigenvalue weighted by atomic mass is 9.85. The van der Waals surface area contributed by atoms with Crippen molar-refractivity contribution >= 4 is 0 Å². The van der Waals surface area contributed by atoms with Crippen LogP contribution < -0.4 is 0 Å². The van der Waals surface area contributed by atoms with E-state index in [1.165, 1.54) is 0 Å². The molecule has 0 saturated heterocycles. The summed E-state index contributed by atoms with van der Waals surface area (Å²) < 4.78 is 0. The van der Waals surface area contributed by atoms with Crippen LogP contribution in [0.4, 0.5) is 0 Å². The molecule has 90 valence electrons. The highest BCUT2D eigenvalue weighted by molar-refractivity contribution is 5.51. The van der Waals surface area contributed by atoms with E-state index in [1.54, 1.807) is 13.8 Å². The summed E-state index contributed by atoms with van der Waals surface area (Å²) in [5.41, 5.74) is 6.37. The Hall–Kier alpha value is -0.860. The summed E-state index contributed by atoms with van der Waals surface area (Å²) >= 11 is 0. The number of hydrogen-bond donors (Lipinski definition) is 2. The second kappa shape index (κ2) is 4.56. The van der Waals surface area contributed by atoms with E-state index in [2.05, 4.69) is 0 Å². The first-order valence-corrected chi connectivity index (χ1v) is 5.75. The average Bonchev–Trinajstić information content (AvgIpc) is 2.14. The molecule has 0 heterocycles. The normalized spacial score (nSPS) is 15.0. The van der Waals surface area contributed by atoms with E-state index in [0.717, 1.165) is 33.4 Å². The van der Waals surface area contributed by atoms with Gasteiger partial charge in [-0.15, -0.1) is 0 Å². The molecule has 1 aromatic carbocycles. The first-order chi connectivity index (χ1) is 7.29. The van der Waals surface area contributed by atoms with Gasteiger partial charge in [-0.3, -0.25) is 0 Å². The van der Waals surface area contributed by atoms with Gasteiger partial charge >= 0.3 is 0 Å². The van der Waals surface area contributed by atoms with E-state index < -0.39 is 12.2 Å². The van der Waals surface area contributed by atoms with E-state index in [-0.39, 0.29) is 0 Å². The van der Waals surface area contributed by atoms with Crippen LogP contribution in [-0.4, -0.2) is 10.2 Å². The molecule has 0 amide bonds. The Kier molecular flexibility index (Phi) is 3.76. The van der Waals surface area contributed by atoms with Gasteiger partial charge in [0.15, 0.2) is 0 Å². The first-order valence-electron chi connectivity index (χ1n) is 5.75. The van der Waals surface area contributed by atoms with Gasteiger partial charge in [0.1, 0.15) is 0 Å². The Morgan fingerprint density at radius 3 is 0.938 bits per heavy atom. The van der Waals surface area contributed by atoms with Crippen LogP contribution in [0, 0.1) is 27.7 Å². The summed E-state index contributed by atoms with van der Waals surface area (Å²) in [5.74, 6) is 0. The van der Waals surface area contributed by atoms with Gasteiger partial charge in [-0.05, 0) is 74.9 Å². The second-order valence-electron chi connectivity index (χ2n) is 4.68. The van der Waals surface area contributed by atoms with Crippen LogP contribution >= 0.6 is 0 Å². The number of aliphatic hydroxyl groups is 2. The lowest BCUT2D eigenvalue weighted by Gasteiger charge is -2.23. The Morgan fingerprint density at radius 2 is 0.812 bits per heavy atom. The van der Waals surface area contributed by atoms with Crippen LogP contribution in [-0.2, 0) is 0 Å². The monoisotopic (exact) mass is 222 g/mol. The van der Waals surface area contributed by atoms with Crippen LogP contribution in [0.5, 0.6) is 0 Å². The van der Waals surface area contributed by atoms with Gasteiger partial charge in [-0.25, -0.2) is 0 Å². The standard InChI is InChI=1S/C14H22O2/c1-7-8(2)14(12(6)16)10(4)9(3)13(7)11(5)15/h11-12,15-16H,1-6H3/t11-,12+. The van der Waals surface area contributed by atoms with E-state index in [4.69, 9.17) is 0 Å². The number of rotatable bonds is 2. The maximum absolute atomic E-state index is 9.80. The van der Waals surface area contributed by atoms with E-state index in [9.17, 15) is 10.2 Å². The van der Waals surface area contributed by atoms with Crippen molar-refractivity contribution in [2.75, 3.05) is 0 Å². The summed E-state index contributed by atoms with van der Waals surface area (Å²) in [7, 11) is 0. The highest BCUT2D eigenvalue weighted by atomic mass is 16.3. The van der Waals surface area contributed by atoms with Crippen molar-refractivity contribution < 1.29 is 10.2 Å². The molecule has 0 aliphatic carbocycles. The van der Waals surface area contributed by atoms with Crippen LogP contribution in [0.25, 0.3) is 0 Å². The fraction of sp³-hybridized carbons (Fsp3) is 0.571. The van der Waals surface area contributed by atoms with Gasteiger partial charge < -0.3 is 10.2 Å². The van der Waals surface area contributed by atoms with Gasteiger partial charge in [-0.2, -0.15) is 0 Å². The first kappa shape index (κ1) is 13.2. The molecule has 0 aromatic heterocycles. The van der Waals surface area contributed by atoms with E-state index >= 15 is 0 Å². The average molecular weight is 222 g/mol. The van der Waals surface area contributed by atoms with Crippen molar-refractivity contribution in [1.82, 2.24) is 0 Å². The zero-order valence-corrected chi connectivity index (χ0v) is 11.0. The third-order valence-corrected chi connectivity index (χ3v) is 3.58. The molecule has 0 spiro atoms. The lowest BCUT2D eigenvalue weighted by Crippen LogP contribution is -2.09. The maximum Gasteiger partial charge on any atom is 0.0767 e. The molecule has 16 heavy (non-hydrogen) atoms. The van der Waals surface area contributed by atoms with Crippen molar-refractivity contribution in [1.29, 1.82) is 0 Å². The molecule has 0 fully saturated rings. The molecule has 1 aromatic rings. The molecule has 0 saturated carbocycles. The smallest absolute Gasteiger partial charge is 0.0767 e. The van der Waals surface area contributed by atoms with Gasteiger partial charge in [-0.1, -0.05) is 0 Å². The lowest BCUT2D eigenvalue weighted by molar-refractivity contribution is 0.192. The maximum atomic E-state index is 9.80. The molecule has 0 aliphatic heterocycles. The highest BCUT2D eigenvalue weighted by Crippen LogP contribution is 2.33. The predicted molar refractivity (Wildman–Crippen MR) is 66.7 cm³/mol. The number of aliphatic hydroxyl groups excluding tert-OH is 2. The fourth-order valence-corrected chi connectivity index (χ4v) is 2.62. The minimum absolute atomic E-state index is 0.458. The van der Waals surface area contributed by atoms with E-state index in [1.807, 2.05) is 27.7 Å². The fourth-order valence-electron chi connectivity index (χ4n) is 2.62. The predicted octanol–water partition coefficient (Wildman–Crippen LogP) is 3.03. The molecule has 2 N–H and O–H groups in total. The number of hydrogen-bond acceptors (Lipinski definition) is 2. The Bertz CT molecular complexity index is 336. The third kappa shape index (κ3) is 2.00. The summed E-state index contributed by atoms with van der Waals surface area (Å²) in [6.45, 7) is 11.6. The molecule has 1 rings (SSSR count). The molecular weight excluding hydrogens is 200 g/mol. The molecule has 0 bridgehead atoms. The number of benzene rings is 1. The summed E-state index contributed by atoms with van der Waals surface area (Å²) in [5, 5.41) is 19.6. The molecule has 0 aliphatic rings. The van der Waals surface area contributed by atoms with Crippen molar-refractivity contribution in [3.63, 3.8) is 0 Å². The zero-order valence-electron chi connectivity index (χ0n) is 11.0. The summed E-state index contributed by atoms with van der Waals surface area (Å²) in [4.78, 5) is 0. The van der Waals surface area contributed by atoms with Crippen LogP contribution in [0.1, 0.15) is 59.4 Å². The van der Waals surface area contributed by atoms with E-state index in [0.29, 0.717) is 0 Å². The Labute approximate surface area is 97.9 Å². The highest BCUT2D eigenvalue weighted by Gasteiger charge is 2.19. The Balaban J connectivity index is 3.63. The van der Waals surface area contributed by atoms with Crippen molar-refractivity contribution in [2.24, 2.45) is 0 Å². The minimum Gasteiger partial charge on any atom is -0.389 e. The third-order valence-electron chi connectivity index (χ3n) is 3.58. The second-order valence-corrected chi connectivity index (χ2v) is 4.68. The van der Waals surface area contributed by atoms with Crippen molar-refractivity contribution in [2.45, 2.75) is 53.8 Å². The molecule has 2 atom stereocenters.